The first-order valence-electron chi connectivity index (χ1n) is 8.33. The van der Waals surface area contributed by atoms with Crippen molar-refractivity contribution >= 4 is 6.03 Å². The van der Waals surface area contributed by atoms with Crippen LogP contribution >= 0.6 is 0 Å². The first-order chi connectivity index (χ1) is 10.2. The summed E-state index contributed by atoms with van der Waals surface area (Å²) in [5, 5.41) is 0. The van der Waals surface area contributed by atoms with E-state index in [0.29, 0.717) is 12.0 Å². The van der Waals surface area contributed by atoms with Gasteiger partial charge in [0.25, 0.3) is 0 Å². The number of hydrogen-bond acceptors (Lipinski definition) is 2. The molecular weight excluding hydrogens is 264 g/mol. The molecule has 1 aliphatic carbocycles. The Kier molecular flexibility index (Phi) is 3.16. The van der Waals surface area contributed by atoms with Crippen LogP contribution in [0.1, 0.15) is 55.2 Å². The Bertz CT molecular complexity index is 546. The summed E-state index contributed by atoms with van der Waals surface area (Å²) in [7, 11) is 0. The number of nitrogens with one attached hydrogen (secondary N) is 1. The molecule has 1 aromatic heterocycles. The van der Waals surface area contributed by atoms with Crippen molar-refractivity contribution in [1.29, 1.82) is 0 Å². The first kappa shape index (κ1) is 13.2. The molecule has 2 bridgehead atoms. The summed E-state index contributed by atoms with van der Waals surface area (Å²) in [6.45, 7) is 4.81. The Balaban J connectivity index is 1.53. The number of nitrogens with zero attached hydrogens (tertiary/aromatic N) is 3. The molecule has 21 heavy (non-hydrogen) atoms. The second kappa shape index (κ2) is 5.04. The van der Waals surface area contributed by atoms with Gasteiger partial charge < -0.3 is 14.8 Å². The molecule has 1 N–H and O–H groups in total. The number of hydrogen-bond donors (Lipinski definition) is 1. The van der Waals surface area contributed by atoms with E-state index in [0.717, 1.165) is 57.6 Å². The predicted molar refractivity (Wildman–Crippen MR) is 80.3 cm³/mol. The van der Waals surface area contributed by atoms with E-state index in [2.05, 4.69) is 19.8 Å². The second-order valence-corrected chi connectivity index (χ2v) is 6.79. The van der Waals surface area contributed by atoms with Crippen molar-refractivity contribution < 1.29 is 4.79 Å². The molecule has 0 aromatic carbocycles. The number of fused-ring (bicyclic) bond motifs is 4. The maximum absolute atomic E-state index is 12.8. The Labute approximate surface area is 125 Å². The molecule has 2 amide bonds. The van der Waals surface area contributed by atoms with E-state index < -0.39 is 0 Å². The number of aromatic amines is 1. The van der Waals surface area contributed by atoms with Crippen LogP contribution in [0.2, 0.25) is 0 Å². The van der Waals surface area contributed by atoms with Gasteiger partial charge in [-0.2, -0.15) is 0 Å². The molecule has 5 nitrogen and oxygen atoms in total. The van der Waals surface area contributed by atoms with Crippen molar-refractivity contribution in [3.63, 3.8) is 0 Å². The number of aromatic nitrogens is 2. The number of amides is 2. The Morgan fingerprint density at radius 1 is 1.24 bits per heavy atom. The third kappa shape index (κ3) is 2.23. The molecule has 4 rings (SSSR count). The Morgan fingerprint density at radius 2 is 2.05 bits per heavy atom. The smallest absolute Gasteiger partial charge is 0.320 e. The maximum Gasteiger partial charge on any atom is 0.320 e. The van der Waals surface area contributed by atoms with Crippen LogP contribution in [0.4, 0.5) is 4.79 Å². The molecule has 0 radical (unpaired) electrons. The minimum atomic E-state index is 0.276. The predicted octanol–water partition coefficient (Wildman–Crippen LogP) is 2.43. The van der Waals surface area contributed by atoms with E-state index in [4.69, 9.17) is 0 Å². The van der Waals surface area contributed by atoms with Crippen LogP contribution in [0.15, 0.2) is 0 Å². The van der Waals surface area contributed by atoms with Crippen molar-refractivity contribution in [3.05, 3.63) is 17.2 Å². The van der Waals surface area contributed by atoms with Gasteiger partial charge in [0.15, 0.2) is 0 Å². The number of urea groups is 1. The summed E-state index contributed by atoms with van der Waals surface area (Å²) in [4.78, 5) is 25.1. The minimum absolute atomic E-state index is 0.276. The zero-order valence-corrected chi connectivity index (χ0v) is 12.8. The molecule has 2 atom stereocenters. The van der Waals surface area contributed by atoms with E-state index in [1.54, 1.807) is 0 Å². The van der Waals surface area contributed by atoms with Gasteiger partial charge >= 0.3 is 6.03 Å². The van der Waals surface area contributed by atoms with Gasteiger partial charge in [0.05, 0.1) is 5.69 Å². The molecule has 3 heterocycles. The molecule has 2 fully saturated rings. The molecule has 0 saturated carbocycles. The first-order valence-corrected chi connectivity index (χ1v) is 8.33. The number of aryl methyl sites for hydroxylation is 1. The Hall–Kier alpha value is -1.52. The molecule has 3 aliphatic rings. The average molecular weight is 288 g/mol. The fourth-order valence-corrected chi connectivity index (χ4v) is 4.30. The Morgan fingerprint density at radius 3 is 2.86 bits per heavy atom. The molecule has 2 aliphatic heterocycles. The lowest BCUT2D eigenvalue weighted by Crippen LogP contribution is -2.54. The minimum Gasteiger partial charge on any atom is -0.346 e. The highest BCUT2D eigenvalue weighted by Gasteiger charge is 2.40. The monoisotopic (exact) mass is 288 g/mol. The van der Waals surface area contributed by atoms with Gasteiger partial charge in [-0.3, -0.25) is 0 Å². The highest BCUT2D eigenvalue weighted by atomic mass is 16.2. The van der Waals surface area contributed by atoms with Gasteiger partial charge in [0, 0.05) is 43.7 Å². The van der Waals surface area contributed by atoms with Crippen LogP contribution in [0.3, 0.4) is 0 Å². The summed E-state index contributed by atoms with van der Waals surface area (Å²) in [5.41, 5.74) is 2.54. The van der Waals surface area contributed by atoms with Crippen LogP contribution in [-0.4, -0.2) is 51.5 Å². The van der Waals surface area contributed by atoms with Gasteiger partial charge in [0.2, 0.25) is 0 Å². The van der Waals surface area contributed by atoms with E-state index >= 15 is 0 Å². The number of carbonyl (C=O) groups is 1. The number of H-pyrrole nitrogens is 1. The van der Waals surface area contributed by atoms with Gasteiger partial charge in [0.1, 0.15) is 5.82 Å². The lowest BCUT2D eigenvalue weighted by molar-refractivity contribution is 0.0977. The van der Waals surface area contributed by atoms with Crippen LogP contribution in [0, 0.1) is 6.92 Å². The van der Waals surface area contributed by atoms with Crippen molar-refractivity contribution in [2.24, 2.45) is 0 Å². The molecule has 1 aromatic rings. The maximum atomic E-state index is 12.8. The lowest BCUT2D eigenvalue weighted by Gasteiger charge is -2.44. The van der Waals surface area contributed by atoms with Gasteiger partial charge in [-0.05, 0) is 39.0 Å². The molecule has 5 heteroatoms. The second-order valence-electron chi connectivity index (χ2n) is 6.79. The summed E-state index contributed by atoms with van der Waals surface area (Å²) in [5.74, 6) is 1.57. The highest BCUT2D eigenvalue weighted by molar-refractivity contribution is 5.75. The molecule has 0 unspecified atom stereocenters. The number of likely N-dealkylation sites (tertiary alicyclic amines) is 2. The molecule has 0 spiro atoms. The molecule has 2 saturated heterocycles. The normalized spacial score (nSPS) is 28.4. The summed E-state index contributed by atoms with van der Waals surface area (Å²) < 4.78 is 0. The quantitative estimate of drug-likeness (QED) is 0.797. The van der Waals surface area contributed by atoms with Crippen molar-refractivity contribution in [1.82, 2.24) is 19.8 Å². The van der Waals surface area contributed by atoms with Crippen molar-refractivity contribution in [2.75, 3.05) is 19.6 Å². The van der Waals surface area contributed by atoms with E-state index in [1.165, 1.54) is 17.8 Å². The number of imidazole rings is 1. The fraction of sp³-hybridized carbons (Fsp3) is 0.750. The van der Waals surface area contributed by atoms with E-state index in [-0.39, 0.29) is 6.03 Å². The van der Waals surface area contributed by atoms with Crippen molar-refractivity contribution in [3.8, 4) is 0 Å². The zero-order valence-electron chi connectivity index (χ0n) is 12.8. The van der Waals surface area contributed by atoms with Crippen LogP contribution in [0.5, 0.6) is 0 Å². The van der Waals surface area contributed by atoms with Gasteiger partial charge in [-0.25, -0.2) is 9.78 Å². The lowest BCUT2D eigenvalue weighted by atomic mass is 9.80. The standard InChI is InChI=1S/C16H24N4O/c1-11-17-14-10-13-9-12(15(14)18-11)5-8-20(13)16(21)19-6-3-2-4-7-19/h12-13H,2-10H2,1H3,(H,17,18)/t12-,13-/m1/s1. The summed E-state index contributed by atoms with van der Waals surface area (Å²) in [6.07, 6.45) is 6.70. The third-order valence-electron chi connectivity index (χ3n) is 5.34. The fourth-order valence-electron chi connectivity index (χ4n) is 4.30. The average Bonchev–Trinajstić information content (AvgIpc) is 2.88. The topological polar surface area (TPSA) is 52.2 Å². The van der Waals surface area contributed by atoms with E-state index in [1.807, 2.05) is 6.92 Å². The van der Waals surface area contributed by atoms with Crippen LogP contribution in [0.25, 0.3) is 0 Å². The summed E-state index contributed by atoms with van der Waals surface area (Å²) in [6, 6.07) is 0.642. The molecular formula is C16H24N4O. The van der Waals surface area contributed by atoms with Gasteiger partial charge in [-0.1, -0.05) is 0 Å². The number of piperidine rings is 2. The highest BCUT2D eigenvalue weighted by Crippen LogP contribution is 2.39. The van der Waals surface area contributed by atoms with Gasteiger partial charge in [-0.15, -0.1) is 0 Å². The van der Waals surface area contributed by atoms with Crippen LogP contribution < -0.4 is 0 Å². The van der Waals surface area contributed by atoms with Crippen LogP contribution in [-0.2, 0) is 6.42 Å². The largest absolute Gasteiger partial charge is 0.346 e. The van der Waals surface area contributed by atoms with Crippen molar-refractivity contribution in [2.45, 2.75) is 57.4 Å². The van der Waals surface area contributed by atoms with E-state index in [9.17, 15) is 4.79 Å². The zero-order chi connectivity index (χ0) is 14.4. The number of carbonyl (C=O) groups excluding carboxylic acids is 1. The third-order valence-corrected chi connectivity index (χ3v) is 5.34. The molecule has 114 valence electrons. The number of rotatable bonds is 0. The SMILES string of the molecule is Cc1nc2c([nH]1)C[C@H]1C[C@H]2CCN1C(=O)N1CCCCC1. The summed E-state index contributed by atoms with van der Waals surface area (Å²) >= 11 is 0.